The summed E-state index contributed by atoms with van der Waals surface area (Å²) in [7, 11) is 0. The highest BCUT2D eigenvalue weighted by Gasteiger charge is 2.22. The molecule has 0 heterocycles. The Morgan fingerprint density at radius 1 is 0.900 bits per heavy atom. The number of hydrogen-bond donors (Lipinski definition) is 2. The van der Waals surface area contributed by atoms with Gasteiger partial charge in [0.25, 0.3) is 0 Å². The number of hydrogen-bond acceptors (Lipinski definition) is 2. The predicted molar refractivity (Wildman–Crippen MR) is 133 cm³/mol. The zero-order valence-corrected chi connectivity index (χ0v) is 20.8. The maximum Gasteiger partial charge on any atom is 0.220 e. The molecule has 1 rings (SSSR count). The van der Waals surface area contributed by atoms with E-state index in [0.29, 0.717) is 6.42 Å². The van der Waals surface area contributed by atoms with Crippen molar-refractivity contribution in [2.45, 2.75) is 123 Å². The van der Waals surface area contributed by atoms with Crippen molar-refractivity contribution in [2.75, 3.05) is 0 Å². The molecule has 1 atom stereocenters. The molecule has 0 aromatic heterocycles. The van der Waals surface area contributed by atoms with Crippen molar-refractivity contribution in [1.82, 2.24) is 5.32 Å². The van der Waals surface area contributed by atoms with Crippen LogP contribution in [0.3, 0.4) is 0 Å². The fraction of sp³-hybridized carbons (Fsp3) is 0.731. The van der Waals surface area contributed by atoms with E-state index in [-0.39, 0.29) is 24.4 Å². The van der Waals surface area contributed by atoms with E-state index < -0.39 is 5.54 Å². The molecular formula is C26H47ClN2O. The summed E-state index contributed by atoms with van der Waals surface area (Å²) in [6.07, 6.45) is 15.8. The lowest BCUT2D eigenvalue weighted by atomic mass is 9.87. The Bertz CT molecular complexity index is 568. The predicted octanol–water partition coefficient (Wildman–Crippen LogP) is 7.57. The van der Waals surface area contributed by atoms with Crippen molar-refractivity contribution in [3.63, 3.8) is 0 Å². The molecule has 0 radical (unpaired) electrons. The molecule has 0 aliphatic rings. The second kappa shape index (κ2) is 16.6. The van der Waals surface area contributed by atoms with Crippen LogP contribution in [0.1, 0.15) is 128 Å². The average Bonchev–Trinajstić information content (AvgIpc) is 2.69. The van der Waals surface area contributed by atoms with Gasteiger partial charge in [-0.3, -0.25) is 4.79 Å². The van der Waals surface area contributed by atoms with Gasteiger partial charge in [0.1, 0.15) is 0 Å². The van der Waals surface area contributed by atoms with Crippen molar-refractivity contribution < 1.29 is 4.79 Å². The van der Waals surface area contributed by atoms with Gasteiger partial charge in [-0.1, -0.05) is 102 Å². The first kappa shape index (κ1) is 28.9. The maximum absolute atomic E-state index is 12.5. The lowest BCUT2D eigenvalue weighted by molar-refractivity contribution is -0.122. The summed E-state index contributed by atoms with van der Waals surface area (Å²) in [5.74, 6) is 0.164. The number of rotatable bonds is 16. The largest absolute Gasteiger partial charge is 0.349 e. The topological polar surface area (TPSA) is 55.1 Å². The molecule has 0 saturated carbocycles. The summed E-state index contributed by atoms with van der Waals surface area (Å²) >= 11 is 0. The Hall–Kier alpha value is -1.06. The van der Waals surface area contributed by atoms with Crippen molar-refractivity contribution in [2.24, 2.45) is 5.73 Å². The molecule has 0 spiro atoms. The summed E-state index contributed by atoms with van der Waals surface area (Å²) in [5, 5.41) is 3.24. The molecule has 4 heteroatoms. The van der Waals surface area contributed by atoms with Gasteiger partial charge in [-0.05, 0) is 37.8 Å². The van der Waals surface area contributed by atoms with E-state index in [2.05, 4.69) is 31.3 Å². The molecule has 3 N–H and O–H groups in total. The number of benzene rings is 1. The van der Waals surface area contributed by atoms with Crippen LogP contribution >= 0.6 is 12.4 Å². The third-order valence-corrected chi connectivity index (χ3v) is 5.78. The Morgan fingerprint density at radius 3 is 1.90 bits per heavy atom. The first-order valence-corrected chi connectivity index (χ1v) is 12.1. The van der Waals surface area contributed by atoms with Crippen molar-refractivity contribution >= 4 is 18.3 Å². The standard InChI is InChI=1S/C26H46N2O.ClH/c1-5-7-8-9-10-11-12-13-14-15-16-21-25(29)28-24(6-2)22-19-17-18-20-23(22)26(3,4)27;/h17-20,24H,5-16,21,27H2,1-4H3,(H,28,29);1H. The number of carbonyl (C=O) groups excluding carboxylic acids is 1. The van der Waals surface area contributed by atoms with E-state index in [1.54, 1.807) is 0 Å². The Balaban J connectivity index is 0.00000841. The Morgan fingerprint density at radius 2 is 1.40 bits per heavy atom. The van der Waals surface area contributed by atoms with E-state index in [1.165, 1.54) is 57.8 Å². The number of carbonyl (C=O) groups is 1. The van der Waals surface area contributed by atoms with E-state index >= 15 is 0 Å². The van der Waals surface area contributed by atoms with E-state index in [4.69, 9.17) is 5.73 Å². The van der Waals surface area contributed by atoms with Gasteiger partial charge in [0.05, 0.1) is 6.04 Å². The van der Waals surface area contributed by atoms with Gasteiger partial charge in [-0.15, -0.1) is 12.4 Å². The molecule has 0 saturated heterocycles. The van der Waals surface area contributed by atoms with E-state index in [1.807, 2.05) is 26.0 Å². The molecule has 174 valence electrons. The second-order valence-corrected chi connectivity index (χ2v) is 9.12. The van der Waals surface area contributed by atoms with Crippen molar-refractivity contribution in [3.8, 4) is 0 Å². The normalized spacial score (nSPS) is 12.3. The molecule has 3 nitrogen and oxygen atoms in total. The summed E-state index contributed by atoms with van der Waals surface area (Å²) in [6.45, 7) is 8.42. The van der Waals surface area contributed by atoms with Crippen molar-refractivity contribution in [3.05, 3.63) is 35.4 Å². The summed E-state index contributed by atoms with van der Waals surface area (Å²) in [6, 6.07) is 8.26. The highest BCUT2D eigenvalue weighted by atomic mass is 35.5. The van der Waals surface area contributed by atoms with Crippen LogP contribution in [0.25, 0.3) is 0 Å². The third-order valence-electron chi connectivity index (χ3n) is 5.78. The van der Waals surface area contributed by atoms with Gasteiger partial charge in [-0.25, -0.2) is 0 Å². The number of amides is 1. The van der Waals surface area contributed by atoms with Crippen LogP contribution < -0.4 is 11.1 Å². The van der Waals surface area contributed by atoms with Crippen LogP contribution in [0.5, 0.6) is 0 Å². The van der Waals surface area contributed by atoms with E-state index in [0.717, 1.165) is 30.4 Å². The maximum atomic E-state index is 12.5. The number of nitrogens with two attached hydrogens (primary N) is 1. The minimum atomic E-state index is -0.412. The van der Waals surface area contributed by atoms with Crippen LogP contribution in [-0.2, 0) is 10.3 Å². The molecule has 1 aromatic carbocycles. The summed E-state index contributed by atoms with van der Waals surface area (Å²) < 4.78 is 0. The lowest BCUT2D eigenvalue weighted by Crippen LogP contribution is -2.34. The molecule has 1 amide bonds. The second-order valence-electron chi connectivity index (χ2n) is 9.12. The minimum Gasteiger partial charge on any atom is -0.349 e. The van der Waals surface area contributed by atoms with Gasteiger partial charge >= 0.3 is 0 Å². The van der Waals surface area contributed by atoms with Gasteiger partial charge in [0.2, 0.25) is 5.91 Å². The fourth-order valence-electron chi connectivity index (χ4n) is 4.00. The summed E-state index contributed by atoms with van der Waals surface area (Å²) in [4.78, 5) is 12.5. The molecule has 30 heavy (non-hydrogen) atoms. The molecular weight excluding hydrogens is 392 g/mol. The van der Waals surface area contributed by atoms with Crippen LogP contribution in [0.4, 0.5) is 0 Å². The zero-order chi connectivity index (χ0) is 21.5. The lowest BCUT2D eigenvalue weighted by Gasteiger charge is -2.27. The van der Waals surface area contributed by atoms with Crippen LogP contribution in [0.15, 0.2) is 24.3 Å². The average molecular weight is 439 g/mol. The first-order chi connectivity index (χ1) is 13.9. The highest BCUT2D eigenvalue weighted by molar-refractivity contribution is 5.85. The van der Waals surface area contributed by atoms with Crippen LogP contribution in [0, 0.1) is 0 Å². The van der Waals surface area contributed by atoms with Gasteiger partial charge in [0, 0.05) is 12.0 Å². The molecule has 1 aromatic rings. The fourth-order valence-corrected chi connectivity index (χ4v) is 4.00. The molecule has 0 aliphatic heterocycles. The number of halogens is 1. The van der Waals surface area contributed by atoms with Gasteiger partial charge in [-0.2, -0.15) is 0 Å². The molecule has 1 unspecified atom stereocenters. The number of nitrogens with one attached hydrogen (secondary N) is 1. The van der Waals surface area contributed by atoms with E-state index in [9.17, 15) is 4.79 Å². The van der Waals surface area contributed by atoms with Gasteiger partial charge in [0.15, 0.2) is 0 Å². The smallest absolute Gasteiger partial charge is 0.220 e. The molecule has 0 fully saturated rings. The number of unbranched alkanes of at least 4 members (excludes halogenated alkanes) is 10. The van der Waals surface area contributed by atoms with Crippen LogP contribution in [-0.4, -0.2) is 5.91 Å². The molecule has 0 aliphatic carbocycles. The minimum absolute atomic E-state index is 0. The molecule has 0 bridgehead atoms. The zero-order valence-electron chi connectivity index (χ0n) is 20.0. The Labute approximate surface area is 192 Å². The van der Waals surface area contributed by atoms with Crippen molar-refractivity contribution in [1.29, 1.82) is 0 Å². The summed E-state index contributed by atoms with van der Waals surface area (Å²) in [5.41, 5.74) is 8.20. The monoisotopic (exact) mass is 438 g/mol. The SMILES string of the molecule is CCCCCCCCCCCCCC(=O)NC(CC)c1ccccc1C(C)(C)N.Cl. The first-order valence-electron chi connectivity index (χ1n) is 12.1. The van der Waals surface area contributed by atoms with Gasteiger partial charge < -0.3 is 11.1 Å². The Kier molecular flexibility index (Phi) is 16.0. The highest BCUT2D eigenvalue weighted by Crippen LogP contribution is 2.28. The van der Waals surface area contributed by atoms with Crippen LogP contribution in [0.2, 0.25) is 0 Å². The quantitative estimate of drug-likeness (QED) is 0.261. The third kappa shape index (κ3) is 12.0.